The molecule has 1 heterocycles. The molecule has 0 radical (unpaired) electrons. The van der Waals surface area contributed by atoms with Crippen molar-refractivity contribution in [3.05, 3.63) is 18.1 Å². The molecular formula is C9H14N2O. The second-order valence-electron chi connectivity index (χ2n) is 3.67. The van der Waals surface area contributed by atoms with Gasteiger partial charge in [-0.3, -0.25) is 0 Å². The maximum Gasteiger partial charge on any atom is 0.216 e. The van der Waals surface area contributed by atoms with Crippen molar-refractivity contribution in [3.8, 4) is 5.88 Å². The van der Waals surface area contributed by atoms with Crippen LogP contribution in [0.15, 0.2) is 12.3 Å². The molecule has 3 nitrogen and oxygen atoms in total. The summed E-state index contributed by atoms with van der Waals surface area (Å²) in [6.45, 7) is 6.21. The maximum absolute atomic E-state index is 5.00. The first-order chi connectivity index (χ1) is 5.54. The van der Waals surface area contributed by atoms with Crippen molar-refractivity contribution >= 4 is 0 Å². The Morgan fingerprint density at radius 2 is 2.00 bits per heavy atom. The van der Waals surface area contributed by atoms with Crippen LogP contribution < -0.4 is 4.74 Å². The van der Waals surface area contributed by atoms with Gasteiger partial charge in [0.2, 0.25) is 5.88 Å². The van der Waals surface area contributed by atoms with Crippen LogP contribution in [0.4, 0.5) is 0 Å². The summed E-state index contributed by atoms with van der Waals surface area (Å²) >= 11 is 0. The molecule has 0 aliphatic heterocycles. The van der Waals surface area contributed by atoms with E-state index in [1.807, 2.05) is 0 Å². The van der Waals surface area contributed by atoms with Crippen LogP contribution in [-0.4, -0.2) is 17.1 Å². The normalized spacial score (nSPS) is 11.3. The average Bonchev–Trinajstić information content (AvgIpc) is 2.03. The summed E-state index contributed by atoms with van der Waals surface area (Å²) in [6, 6.07) is 1.75. The van der Waals surface area contributed by atoms with Crippen molar-refractivity contribution in [2.45, 2.75) is 26.2 Å². The van der Waals surface area contributed by atoms with Crippen molar-refractivity contribution in [2.75, 3.05) is 7.11 Å². The molecule has 0 saturated carbocycles. The molecule has 0 unspecified atom stereocenters. The third-order valence-electron chi connectivity index (χ3n) is 1.51. The first-order valence-corrected chi connectivity index (χ1v) is 3.91. The number of hydrogen-bond acceptors (Lipinski definition) is 3. The lowest BCUT2D eigenvalue weighted by Gasteiger charge is -2.16. The van der Waals surface area contributed by atoms with Crippen LogP contribution in [0.25, 0.3) is 0 Å². The molecule has 0 aliphatic rings. The van der Waals surface area contributed by atoms with E-state index in [1.165, 1.54) is 0 Å². The molecule has 0 bridgehead atoms. The molecule has 0 atom stereocenters. The lowest BCUT2D eigenvalue weighted by molar-refractivity contribution is 0.388. The summed E-state index contributed by atoms with van der Waals surface area (Å²) in [5.41, 5.74) is -0.0193. The molecule has 0 fully saturated rings. The lowest BCUT2D eigenvalue weighted by atomic mass is 9.96. The Labute approximate surface area is 72.8 Å². The van der Waals surface area contributed by atoms with Gasteiger partial charge in [0, 0.05) is 17.7 Å². The molecule has 3 heteroatoms. The van der Waals surface area contributed by atoms with E-state index in [-0.39, 0.29) is 5.41 Å². The molecule has 0 N–H and O–H groups in total. The Morgan fingerprint density at radius 3 is 2.50 bits per heavy atom. The van der Waals surface area contributed by atoms with Gasteiger partial charge in [-0.15, -0.1) is 0 Å². The van der Waals surface area contributed by atoms with Crippen molar-refractivity contribution < 1.29 is 4.74 Å². The van der Waals surface area contributed by atoms with Crippen LogP contribution in [0.3, 0.4) is 0 Å². The number of methoxy groups -OCH3 is 1. The number of ether oxygens (including phenoxy) is 1. The van der Waals surface area contributed by atoms with E-state index < -0.39 is 0 Å². The summed E-state index contributed by atoms with van der Waals surface area (Å²) < 4.78 is 5.00. The van der Waals surface area contributed by atoms with Gasteiger partial charge in [0.05, 0.1) is 7.11 Å². The van der Waals surface area contributed by atoms with Gasteiger partial charge < -0.3 is 4.74 Å². The van der Waals surface area contributed by atoms with Gasteiger partial charge in [-0.2, -0.15) is 4.98 Å². The number of hydrogen-bond donors (Lipinski definition) is 0. The summed E-state index contributed by atoms with van der Waals surface area (Å²) in [5.74, 6) is 1.43. The second-order valence-corrected chi connectivity index (χ2v) is 3.67. The summed E-state index contributed by atoms with van der Waals surface area (Å²) in [6.07, 6.45) is 1.71. The summed E-state index contributed by atoms with van der Waals surface area (Å²) in [4.78, 5) is 8.40. The van der Waals surface area contributed by atoms with Crippen molar-refractivity contribution in [3.63, 3.8) is 0 Å². The summed E-state index contributed by atoms with van der Waals surface area (Å²) in [5, 5.41) is 0. The van der Waals surface area contributed by atoms with E-state index in [0.29, 0.717) is 5.88 Å². The minimum absolute atomic E-state index is 0.0193. The van der Waals surface area contributed by atoms with E-state index in [9.17, 15) is 0 Å². The Kier molecular flexibility index (Phi) is 2.31. The third kappa shape index (κ3) is 1.94. The monoisotopic (exact) mass is 166 g/mol. The van der Waals surface area contributed by atoms with Crippen LogP contribution in [0.1, 0.15) is 26.6 Å². The predicted molar refractivity (Wildman–Crippen MR) is 47.3 cm³/mol. The SMILES string of the molecule is COc1ccnc(C(C)(C)C)n1. The molecule has 0 spiro atoms. The van der Waals surface area contributed by atoms with Crippen LogP contribution in [0.5, 0.6) is 5.88 Å². The van der Waals surface area contributed by atoms with Crippen LogP contribution >= 0.6 is 0 Å². The largest absolute Gasteiger partial charge is 0.481 e. The third-order valence-corrected chi connectivity index (χ3v) is 1.51. The zero-order valence-electron chi connectivity index (χ0n) is 7.96. The molecule has 0 amide bonds. The van der Waals surface area contributed by atoms with E-state index in [4.69, 9.17) is 4.74 Å². The van der Waals surface area contributed by atoms with Gasteiger partial charge in [0.15, 0.2) is 0 Å². The van der Waals surface area contributed by atoms with E-state index >= 15 is 0 Å². The standard InChI is InChI=1S/C9H14N2O/c1-9(2,3)8-10-6-5-7(11-8)12-4/h5-6H,1-4H3. The molecular weight excluding hydrogens is 152 g/mol. The average molecular weight is 166 g/mol. The highest BCUT2D eigenvalue weighted by atomic mass is 16.5. The quantitative estimate of drug-likeness (QED) is 0.638. The highest BCUT2D eigenvalue weighted by Gasteiger charge is 2.17. The van der Waals surface area contributed by atoms with Gasteiger partial charge in [-0.05, 0) is 0 Å². The molecule has 12 heavy (non-hydrogen) atoms. The first kappa shape index (κ1) is 8.97. The topological polar surface area (TPSA) is 35.0 Å². The zero-order chi connectivity index (χ0) is 9.19. The minimum atomic E-state index is -0.0193. The Balaban J connectivity index is 3.02. The van der Waals surface area contributed by atoms with Crippen LogP contribution in [0.2, 0.25) is 0 Å². The fourth-order valence-electron chi connectivity index (χ4n) is 0.817. The highest BCUT2D eigenvalue weighted by molar-refractivity contribution is 5.12. The van der Waals surface area contributed by atoms with Gasteiger partial charge in [-0.1, -0.05) is 20.8 Å². The molecule has 1 aromatic rings. The van der Waals surface area contributed by atoms with Gasteiger partial charge in [-0.25, -0.2) is 4.98 Å². The van der Waals surface area contributed by atoms with Gasteiger partial charge in [0.25, 0.3) is 0 Å². The maximum atomic E-state index is 5.00. The second kappa shape index (κ2) is 3.09. The smallest absolute Gasteiger partial charge is 0.216 e. The predicted octanol–water partition coefficient (Wildman–Crippen LogP) is 1.78. The Bertz CT molecular complexity index is 265. The van der Waals surface area contributed by atoms with Crippen molar-refractivity contribution in [1.29, 1.82) is 0 Å². The zero-order valence-corrected chi connectivity index (χ0v) is 7.96. The van der Waals surface area contributed by atoms with Crippen LogP contribution in [0, 0.1) is 0 Å². The molecule has 0 aromatic carbocycles. The van der Waals surface area contributed by atoms with Crippen LogP contribution in [-0.2, 0) is 5.41 Å². The minimum Gasteiger partial charge on any atom is -0.481 e. The lowest BCUT2D eigenvalue weighted by Crippen LogP contribution is -2.15. The van der Waals surface area contributed by atoms with Crippen molar-refractivity contribution in [1.82, 2.24) is 9.97 Å². The molecule has 0 aliphatic carbocycles. The Hall–Kier alpha value is -1.12. The van der Waals surface area contributed by atoms with E-state index in [2.05, 4.69) is 30.7 Å². The highest BCUT2D eigenvalue weighted by Crippen LogP contribution is 2.19. The van der Waals surface area contributed by atoms with Gasteiger partial charge in [0.1, 0.15) is 5.82 Å². The number of nitrogens with zero attached hydrogens (tertiary/aromatic N) is 2. The molecule has 1 rings (SSSR count). The van der Waals surface area contributed by atoms with Crippen molar-refractivity contribution in [2.24, 2.45) is 0 Å². The first-order valence-electron chi connectivity index (χ1n) is 3.91. The van der Waals surface area contributed by atoms with E-state index in [0.717, 1.165) is 5.82 Å². The fraction of sp³-hybridized carbons (Fsp3) is 0.556. The van der Waals surface area contributed by atoms with E-state index in [1.54, 1.807) is 19.4 Å². The van der Waals surface area contributed by atoms with Gasteiger partial charge >= 0.3 is 0 Å². The number of rotatable bonds is 1. The molecule has 1 aromatic heterocycles. The summed E-state index contributed by atoms with van der Waals surface area (Å²) in [7, 11) is 1.61. The fourth-order valence-corrected chi connectivity index (χ4v) is 0.817. The number of aromatic nitrogens is 2. The molecule has 66 valence electrons. The molecule has 0 saturated heterocycles. The Morgan fingerprint density at radius 1 is 1.33 bits per heavy atom.